The molecule has 1 aliphatic carbocycles. The highest BCUT2D eigenvalue weighted by Crippen LogP contribution is 2.28. The first-order valence-electron chi connectivity index (χ1n) is 8.72. The quantitative estimate of drug-likeness (QED) is 0.906. The van der Waals surface area contributed by atoms with E-state index in [4.69, 9.17) is 9.84 Å². The van der Waals surface area contributed by atoms with Crippen molar-refractivity contribution >= 4 is 0 Å². The Kier molecular flexibility index (Phi) is 5.31. The molecule has 1 saturated carbocycles. The van der Waals surface area contributed by atoms with Crippen LogP contribution in [0.2, 0.25) is 0 Å². The second kappa shape index (κ2) is 7.41. The van der Waals surface area contributed by atoms with Gasteiger partial charge in [-0.2, -0.15) is 5.10 Å². The van der Waals surface area contributed by atoms with Gasteiger partial charge in [0, 0.05) is 24.8 Å². The Morgan fingerprint density at radius 1 is 1.29 bits per heavy atom. The van der Waals surface area contributed by atoms with Gasteiger partial charge < -0.3 is 10.1 Å². The molecule has 2 fully saturated rings. The van der Waals surface area contributed by atoms with E-state index in [1.165, 1.54) is 37.8 Å². The third-order valence-electron chi connectivity index (χ3n) is 5.02. The summed E-state index contributed by atoms with van der Waals surface area (Å²) in [6.45, 7) is 4.99. The fraction of sp³-hybridized carbons (Fsp3) is 0.824. The SMILES string of the molecule is CCNC1CCOCC1Cc1ccn(C2CCCCC2)n1. The minimum Gasteiger partial charge on any atom is -0.381 e. The Labute approximate surface area is 128 Å². The van der Waals surface area contributed by atoms with Crippen molar-refractivity contribution in [2.45, 2.75) is 64.0 Å². The zero-order valence-corrected chi connectivity index (χ0v) is 13.3. The standard InChI is InChI=1S/C17H29N3O/c1-2-18-17-9-11-21-13-14(17)12-15-8-10-20(19-15)16-6-4-3-5-7-16/h8,10,14,16-18H,2-7,9,11-13H2,1H3. The molecule has 0 radical (unpaired) electrons. The third-order valence-corrected chi connectivity index (χ3v) is 5.02. The van der Waals surface area contributed by atoms with Crippen LogP contribution in [0.3, 0.4) is 0 Å². The summed E-state index contributed by atoms with van der Waals surface area (Å²) in [4.78, 5) is 0. The average Bonchev–Trinajstić information content (AvgIpc) is 2.99. The van der Waals surface area contributed by atoms with Crippen LogP contribution < -0.4 is 5.32 Å². The van der Waals surface area contributed by atoms with Crippen LogP contribution in [0.5, 0.6) is 0 Å². The Morgan fingerprint density at radius 3 is 2.95 bits per heavy atom. The van der Waals surface area contributed by atoms with E-state index < -0.39 is 0 Å². The number of hydrogen-bond donors (Lipinski definition) is 1. The van der Waals surface area contributed by atoms with Crippen LogP contribution in [0.1, 0.15) is 57.2 Å². The summed E-state index contributed by atoms with van der Waals surface area (Å²) in [6.07, 6.45) is 11.1. The molecular formula is C17H29N3O. The van der Waals surface area contributed by atoms with E-state index >= 15 is 0 Å². The summed E-state index contributed by atoms with van der Waals surface area (Å²) in [7, 11) is 0. The Bertz CT molecular complexity index is 423. The number of nitrogens with zero attached hydrogens (tertiary/aromatic N) is 2. The van der Waals surface area contributed by atoms with Crippen LogP contribution >= 0.6 is 0 Å². The molecule has 1 N–H and O–H groups in total. The van der Waals surface area contributed by atoms with Crippen LogP contribution in [-0.2, 0) is 11.2 Å². The second-order valence-corrected chi connectivity index (χ2v) is 6.57. The normalized spacial score (nSPS) is 27.9. The molecule has 2 aliphatic rings. The van der Waals surface area contributed by atoms with Gasteiger partial charge in [-0.3, -0.25) is 4.68 Å². The molecule has 4 heteroatoms. The number of hydrogen-bond acceptors (Lipinski definition) is 3. The van der Waals surface area contributed by atoms with Crippen molar-refractivity contribution in [1.82, 2.24) is 15.1 Å². The van der Waals surface area contributed by atoms with Gasteiger partial charge >= 0.3 is 0 Å². The first kappa shape index (κ1) is 15.0. The van der Waals surface area contributed by atoms with E-state index in [9.17, 15) is 0 Å². The van der Waals surface area contributed by atoms with E-state index in [1.54, 1.807) is 0 Å². The highest BCUT2D eigenvalue weighted by atomic mass is 16.5. The summed E-state index contributed by atoms with van der Waals surface area (Å²) in [6, 6.07) is 3.44. The van der Waals surface area contributed by atoms with E-state index in [1.807, 2.05) is 0 Å². The van der Waals surface area contributed by atoms with Crippen molar-refractivity contribution in [2.24, 2.45) is 5.92 Å². The van der Waals surface area contributed by atoms with Gasteiger partial charge in [0.25, 0.3) is 0 Å². The smallest absolute Gasteiger partial charge is 0.0628 e. The molecule has 0 aromatic carbocycles. The maximum Gasteiger partial charge on any atom is 0.0628 e. The monoisotopic (exact) mass is 291 g/mol. The molecule has 2 unspecified atom stereocenters. The molecule has 2 heterocycles. The van der Waals surface area contributed by atoms with Gasteiger partial charge in [-0.1, -0.05) is 26.2 Å². The van der Waals surface area contributed by atoms with Crippen LogP contribution in [0.4, 0.5) is 0 Å². The van der Waals surface area contributed by atoms with Gasteiger partial charge in [0.2, 0.25) is 0 Å². The summed E-state index contributed by atoms with van der Waals surface area (Å²) in [5, 5.41) is 8.47. The lowest BCUT2D eigenvalue weighted by Crippen LogP contribution is -2.43. The molecule has 4 nitrogen and oxygen atoms in total. The number of nitrogens with one attached hydrogen (secondary N) is 1. The topological polar surface area (TPSA) is 39.1 Å². The van der Waals surface area contributed by atoms with Crippen molar-refractivity contribution in [3.8, 4) is 0 Å². The van der Waals surface area contributed by atoms with Crippen LogP contribution in [0.25, 0.3) is 0 Å². The summed E-state index contributed by atoms with van der Waals surface area (Å²) >= 11 is 0. The van der Waals surface area contributed by atoms with Crippen LogP contribution in [0, 0.1) is 5.92 Å². The number of ether oxygens (including phenoxy) is 1. The summed E-state index contributed by atoms with van der Waals surface area (Å²) in [5.74, 6) is 0.563. The highest BCUT2D eigenvalue weighted by Gasteiger charge is 2.26. The summed E-state index contributed by atoms with van der Waals surface area (Å²) < 4.78 is 7.90. The maximum atomic E-state index is 5.68. The Morgan fingerprint density at radius 2 is 2.14 bits per heavy atom. The second-order valence-electron chi connectivity index (χ2n) is 6.57. The van der Waals surface area contributed by atoms with E-state index in [2.05, 4.69) is 29.2 Å². The van der Waals surface area contributed by atoms with Crippen molar-refractivity contribution in [3.63, 3.8) is 0 Å². The van der Waals surface area contributed by atoms with E-state index in [0.717, 1.165) is 32.6 Å². The Hall–Kier alpha value is -0.870. The molecule has 0 amide bonds. The largest absolute Gasteiger partial charge is 0.381 e. The molecule has 0 bridgehead atoms. The molecule has 3 rings (SSSR count). The van der Waals surface area contributed by atoms with E-state index in [0.29, 0.717) is 18.0 Å². The van der Waals surface area contributed by atoms with Gasteiger partial charge in [-0.05, 0) is 38.3 Å². The molecule has 1 saturated heterocycles. The molecule has 1 aromatic rings. The van der Waals surface area contributed by atoms with Gasteiger partial charge in [-0.15, -0.1) is 0 Å². The molecular weight excluding hydrogens is 262 g/mol. The first-order chi connectivity index (χ1) is 10.4. The minimum atomic E-state index is 0.563. The average molecular weight is 291 g/mol. The zero-order valence-electron chi connectivity index (χ0n) is 13.3. The van der Waals surface area contributed by atoms with Gasteiger partial charge in [0.1, 0.15) is 0 Å². The predicted molar refractivity (Wildman–Crippen MR) is 84.4 cm³/mol. The lowest BCUT2D eigenvalue weighted by Gasteiger charge is -2.31. The molecule has 0 spiro atoms. The van der Waals surface area contributed by atoms with Crippen molar-refractivity contribution in [2.75, 3.05) is 19.8 Å². The predicted octanol–water partition coefficient (Wildman–Crippen LogP) is 2.95. The van der Waals surface area contributed by atoms with Crippen molar-refractivity contribution in [1.29, 1.82) is 0 Å². The highest BCUT2D eigenvalue weighted by molar-refractivity contribution is 5.03. The molecule has 2 atom stereocenters. The lowest BCUT2D eigenvalue weighted by atomic mass is 9.91. The summed E-state index contributed by atoms with van der Waals surface area (Å²) in [5.41, 5.74) is 1.24. The Balaban J connectivity index is 1.60. The molecule has 1 aromatic heterocycles. The minimum absolute atomic E-state index is 0.563. The molecule has 1 aliphatic heterocycles. The maximum absolute atomic E-state index is 5.68. The third kappa shape index (κ3) is 3.86. The van der Waals surface area contributed by atoms with Gasteiger partial charge in [0.05, 0.1) is 18.3 Å². The fourth-order valence-corrected chi connectivity index (χ4v) is 3.83. The van der Waals surface area contributed by atoms with Crippen molar-refractivity contribution < 1.29 is 4.74 Å². The van der Waals surface area contributed by atoms with Gasteiger partial charge in [-0.25, -0.2) is 0 Å². The van der Waals surface area contributed by atoms with Crippen LogP contribution in [-0.4, -0.2) is 35.6 Å². The molecule has 21 heavy (non-hydrogen) atoms. The lowest BCUT2D eigenvalue weighted by molar-refractivity contribution is 0.0322. The van der Waals surface area contributed by atoms with Gasteiger partial charge in [0.15, 0.2) is 0 Å². The van der Waals surface area contributed by atoms with Crippen LogP contribution in [0.15, 0.2) is 12.3 Å². The fourth-order valence-electron chi connectivity index (χ4n) is 3.83. The number of aromatic nitrogens is 2. The first-order valence-corrected chi connectivity index (χ1v) is 8.72. The van der Waals surface area contributed by atoms with Crippen molar-refractivity contribution in [3.05, 3.63) is 18.0 Å². The molecule has 118 valence electrons. The zero-order chi connectivity index (χ0) is 14.5. The van der Waals surface area contributed by atoms with E-state index in [-0.39, 0.29) is 0 Å². The number of rotatable bonds is 5.